The molecule has 5 heteroatoms. The molecule has 0 fully saturated rings. The topological polar surface area (TPSA) is 80.9 Å². The molecule has 3 N–H and O–H groups in total. The summed E-state index contributed by atoms with van der Waals surface area (Å²) < 4.78 is 0. The lowest BCUT2D eigenvalue weighted by Gasteiger charge is -2.05. The molecule has 0 aliphatic rings. The Balaban J connectivity index is 1.86. The lowest BCUT2D eigenvalue weighted by atomic mass is 10.2. The fourth-order valence-corrected chi connectivity index (χ4v) is 1.56. The molecule has 18 heavy (non-hydrogen) atoms. The Morgan fingerprint density at radius 3 is 2.94 bits per heavy atom. The number of nitrogens with one attached hydrogen (secondary N) is 1. The molecule has 0 bridgehead atoms. The van der Waals surface area contributed by atoms with E-state index in [9.17, 15) is 4.79 Å². The van der Waals surface area contributed by atoms with Crippen LogP contribution < -0.4 is 11.1 Å². The number of anilines is 1. The van der Waals surface area contributed by atoms with Gasteiger partial charge >= 0.3 is 0 Å². The third kappa shape index (κ3) is 3.28. The SMILES string of the molecule is Nc1cc(C(=O)NCCc2cccnc2)ccn1. The van der Waals surface area contributed by atoms with Crippen LogP contribution in [0.15, 0.2) is 42.9 Å². The number of nitrogens with two attached hydrogens (primary N) is 1. The minimum absolute atomic E-state index is 0.145. The fraction of sp³-hybridized carbons (Fsp3) is 0.154. The summed E-state index contributed by atoms with van der Waals surface area (Å²) in [5.41, 5.74) is 7.13. The highest BCUT2D eigenvalue weighted by Crippen LogP contribution is 2.02. The van der Waals surface area contributed by atoms with Crippen LogP contribution in [0.25, 0.3) is 0 Å². The van der Waals surface area contributed by atoms with Gasteiger partial charge in [0.05, 0.1) is 0 Å². The molecule has 0 unspecified atom stereocenters. The Hall–Kier alpha value is -2.43. The number of amides is 1. The molecular formula is C13H14N4O. The molecule has 0 atom stereocenters. The summed E-state index contributed by atoms with van der Waals surface area (Å²) in [5, 5.41) is 2.82. The number of hydrogen-bond donors (Lipinski definition) is 2. The molecule has 0 aromatic carbocycles. The van der Waals surface area contributed by atoms with Crippen molar-refractivity contribution in [1.82, 2.24) is 15.3 Å². The molecule has 0 saturated carbocycles. The largest absolute Gasteiger partial charge is 0.384 e. The third-order valence-electron chi connectivity index (χ3n) is 2.47. The van der Waals surface area contributed by atoms with Gasteiger partial charge in [0.1, 0.15) is 5.82 Å². The van der Waals surface area contributed by atoms with E-state index in [-0.39, 0.29) is 5.91 Å². The quantitative estimate of drug-likeness (QED) is 0.839. The number of nitrogen functional groups attached to an aromatic ring is 1. The Labute approximate surface area is 105 Å². The van der Waals surface area contributed by atoms with Crippen molar-refractivity contribution in [2.24, 2.45) is 0 Å². The van der Waals surface area contributed by atoms with Crippen LogP contribution in [0, 0.1) is 0 Å². The highest BCUT2D eigenvalue weighted by Gasteiger charge is 2.05. The summed E-state index contributed by atoms with van der Waals surface area (Å²) in [6.07, 6.45) is 5.78. The van der Waals surface area contributed by atoms with Gasteiger partial charge in [-0.3, -0.25) is 9.78 Å². The van der Waals surface area contributed by atoms with E-state index in [1.807, 2.05) is 12.1 Å². The first-order chi connectivity index (χ1) is 8.75. The molecule has 0 aliphatic carbocycles. The first kappa shape index (κ1) is 12.0. The van der Waals surface area contributed by atoms with E-state index < -0.39 is 0 Å². The lowest BCUT2D eigenvalue weighted by Crippen LogP contribution is -2.25. The minimum Gasteiger partial charge on any atom is -0.384 e. The number of carbonyl (C=O) groups is 1. The van der Waals surface area contributed by atoms with Gasteiger partial charge in [-0.15, -0.1) is 0 Å². The summed E-state index contributed by atoms with van der Waals surface area (Å²) in [6.45, 7) is 0.562. The predicted octanol–water partition coefficient (Wildman–Crippen LogP) is 1.03. The second kappa shape index (κ2) is 5.77. The average molecular weight is 242 g/mol. The van der Waals surface area contributed by atoms with E-state index >= 15 is 0 Å². The summed E-state index contributed by atoms with van der Waals surface area (Å²) in [6, 6.07) is 7.04. The number of carbonyl (C=O) groups excluding carboxylic acids is 1. The highest BCUT2D eigenvalue weighted by atomic mass is 16.1. The van der Waals surface area contributed by atoms with Crippen molar-refractivity contribution in [3.63, 3.8) is 0 Å². The van der Waals surface area contributed by atoms with Crippen molar-refractivity contribution in [3.8, 4) is 0 Å². The molecule has 2 heterocycles. The summed E-state index contributed by atoms with van der Waals surface area (Å²) in [4.78, 5) is 19.6. The zero-order valence-corrected chi connectivity index (χ0v) is 9.84. The molecule has 0 radical (unpaired) electrons. The van der Waals surface area contributed by atoms with Gasteiger partial charge in [0.25, 0.3) is 5.91 Å². The normalized spacial score (nSPS) is 10.0. The van der Waals surface area contributed by atoms with Gasteiger partial charge in [-0.25, -0.2) is 4.98 Å². The van der Waals surface area contributed by atoms with Crippen LogP contribution in [0.4, 0.5) is 5.82 Å². The molecule has 0 aliphatic heterocycles. The van der Waals surface area contributed by atoms with Crippen molar-refractivity contribution >= 4 is 11.7 Å². The van der Waals surface area contributed by atoms with Gasteiger partial charge in [-0.2, -0.15) is 0 Å². The van der Waals surface area contributed by atoms with Crippen molar-refractivity contribution in [2.75, 3.05) is 12.3 Å². The van der Waals surface area contributed by atoms with Crippen LogP contribution in [-0.2, 0) is 6.42 Å². The molecule has 92 valence electrons. The number of rotatable bonds is 4. The van der Waals surface area contributed by atoms with Gasteiger partial charge in [0.2, 0.25) is 0 Å². The van der Waals surface area contributed by atoms with E-state index in [4.69, 9.17) is 5.73 Å². The lowest BCUT2D eigenvalue weighted by molar-refractivity contribution is 0.0954. The summed E-state index contributed by atoms with van der Waals surface area (Å²) in [5.74, 6) is 0.197. The van der Waals surface area contributed by atoms with Crippen LogP contribution in [-0.4, -0.2) is 22.4 Å². The van der Waals surface area contributed by atoms with Crippen LogP contribution >= 0.6 is 0 Å². The van der Waals surface area contributed by atoms with Crippen molar-refractivity contribution < 1.29 is 4.79 Å². The molecule has 0 spiro atoms. The average Bonchev–Trinajstić information content (AvgIpc) is 2.40. The van der Waals surface area contributed by atoms with Gasteiger partial charge in [-0.1, -0.05) is 6.07 Å². The Morgan fingerprint density at radius 1 is 1.33 bits per heavy atom. The molecular weight excluding hydrogens is 228 g/mol. The van der Waals surface area contributed by atoms with Crippen molar-refractivity contribution in [3.05, 3.63) is 54.0 Å². The zero-order valence-electron chi connectivity index (χ0n) is 9.84. The first-order valence-electron chi connectivity index (χ1n) is 5.64. The summed E-state index contributed by atoms with van der Waals surface area (Å²) >= 11 is 0. The van der Waals surface area contributed by atoms with Gasteiger partial charge in [0.15, 0.2) is 0 Å². The zero-order chi connectivity index (χ0) is 12.8. The van der Waals surface area contributed by atoms with Crippen LogP contribution in [0.2, 0.25) is 0 Å². The van der Waals surface area contributed by atoms with Crippen molar-refractivity contribution in [2.45, 2.75) is 6.42 Å². The number of hydrogen-bond acceptors (Lipinski definition) is 4. The van der Waals surface area contributed by atoms with Crippen LogP contribution in [0.5, 0.6) is 0 Å². The van der Waals surface area contributed by atoms with Gasteiger partial charge in [-0.05, 0) is 30.2 Å². The van der Waals surface area contributed by atoms with Crippen molar-refractivity contribution in [1.29, 1.82) is 0 Å². The highest BCUT2D eigenvalue weighted by molar-refractivity contribution is 5.94. The standard InChI is InChI=1S/C13H14N4O/c14-12-8-11(4-7-16-12)13(18)17-6-3-10-2-1-5-15-9-10/h1-2,4-5,7-9H,3,6H2,(H2,14,16)(H,17,18). The molecule has 2 aromatic heterocycles. The smallest absolute Gasteiger partial charge is 0.251 e. The second-order valence-corrected chi connectivity index (χ2v) is 3.84. The summed E-state index contributed by atoms with van der Waals surface area (Å²) in [7, 11) is 0. The minimum atomic E-state index is -0.145. The Morgan fingerprint density at radius 2 is 2.22 bits per heavy atom. The van der Waals surface area contributed by atoms with Crippen LogP contribution in [0.3, 0.4) is 0 Å². The van der Waals surface area contributed by atoms with E-state index in [1.165, 1.54) is 6.20 Å². The molecule has 0 saturated heterocycles. The van der Waals surface area contributed by atoms with E-state index in [2.05, 4.69) is 15.3 Å². The maximum absolute atomic E-state index is 11.8. The number of nitrogens with zero attached hydrogens (tertiary/aromatic N) is 2. The predicted molar refractivity (Wildman–Crippen MR) is 68.9 cm³/mol. The molecule has 5 nitrogen and oxygen atoms in total. The number of aromatic nitrogens is 2. The molecule has 2 aromatic rings. The molecule has 2 rings (SSSR count). The van der Waals surface area contributed by atoms with Crippen LogP contribution in [0.1, 0.15) is 15.9 Å². The Bertz CT molecular complexity index is 528. The van der Waals surface area contributed by atoms with Gasteiger partial charge < -0.3 is 11.1 Å². The monoisotopic (exact) mass is 242 g/mol. The Kier molecular flexibility index (Phi) is 3.86. The van der Waals surface area contributed by atoms with E-state index in [0.29, 0.717) is 17.9 Å². The third-order valence-corrected chi connectivity index (χ3v) is 2.47. The maximum atomic E-state index is 11.8. The van der Waals surface area contributed by atoms with E-state index in [1.54, 1.807) is 24.5 Å². The molecule has 1 amide bonds. The second-order valence-electron chi connectivity index (χ2n) is 3.84. The van der Waals surface area contributed by atoms with E-state index in [0.717, 1.165) is 12.0 Å². The van der Waals surface area contributed by atoms with Gasteiger partial charge in [0, 0.05) is 30.7 Å². The maximum Gasteiger partial charge on any atom is 0.251 e. The first-order valence-corrected chi connectivity index (χ1v) is 5.64. The fourth-order valence-electron chi connectivity index (χ4n) is 1.56. The number of pyridine rings is 2.